The van der Waals surface area contributed by atoms with Gasteiger partial charge in [0.15, 0.2) is 0 Å². The topological polar surface area (TPSA) is 46.3 Å². The van der Waals surface area contributed by atoms with Crippen molar-refractivity contribution in [1.82, 2.24) is 4.90 Å². The van der Waals surface area contributed by atoms with Crippen molar-refractivity contribution in [3.63, 3.8) is 0 Å². The van der Waals surface area contributed by atoms with E-state index < -0.39 is 0 Å². The van der Waals surface area contributed by atoms with Crippen LogP contribution in [0.4, 0.5) is 5.69 Å². The molecule has 0 spiro atoms. The predicted octanol–water partition coefficient (Wildman–Crippen LogP) is 2.46. The summed E-state index contributed by atoms with van der Waals surface area (Å²) < 4.78 is 0. The Morgan fingerprint density at radius 1 is 1.41 bits per heavy atom. The summed E-state index contributed by atoms with van der Waals surface area (Å²) in [5.41, 5.74) is 7.40. The van der Waals surface area contributed by atoms with Crippen molar-refractivity contribution in [2.75, 3.05) is 12.3 Å². The maximum absolute atomic E-state index is 12.1. The van der Waals surface area contributed by atoms with Gasteiger partial charge < -0.3 is 10.6 Å². The van der Waals surface area contributed by atoms with Crippen molar-refractivity contribution in [3.8, 4) is 0 Å². The summed E-state index contributed by atoms with van der Waals surface area (Å²) in [7, 11) is 0. The minimum atomic E-state index is 0.174. The lowest BCUT2D eigenvalue weighted by Crippen LogP contribution is -2.38. The summed E-state index contributed by atoms with van der Waals surface area (Å²) in [6.07, 6.45) is 1.42. The predicted molar refractivity (Wildman–Crippen MR) is 71.7 cm³/mol. The first-order valence-corrected chi connectivity index (χ1v) is 6.18. The van der Waals surface area contributed by atoms with Crippen LogP contribution < -0.4 is 5.73 Å². The van der Waals surface area contributed by atoms with E-state index in [-0.39, 0.29) is 11.9 Å². The van der Waals surface area contributed by atoms with Crippen LogP contribution in [0.1, 0.15) is 32.8 Å². The number of carbonyl (C=O) groups excluding carboxylic acids is 1. The summed E-state index contributed by atoms with van der Waals surface area (Å²) in [5, 5.41) is 0. The van der Waals surface area contributed by atoms with Gasteiger partial charge in [0.1, 0.15) is 0 Å². The van der Waals surface area contributed by atoms with Crippen LogP contribution in [0.25, 0.3) is 0 Å². The van der Waals surface area contributed by atoms with Crippen LogP contribution in [0, 0.1) is 0 Å². The molecular formula is C14H22N2O. The van der Waals surface area contributed by atoms with E-state index in [1.807, 2.05) is 43.0 Å². The number of nitrogens with two attached hydrogens (primary N) is 1. The Labute approximate surface area is 104 Å². The number of anilines is 1. The van der Waals surface area contributed by atoms with Gasteiger partial charge in [-0.15, -0.1) is 0 Å². The van der Waals surface area contributed by atoms with Gasteiger partial charge in [0.2, 0.25) is 5.91 Å². The number of rotatable bonds is 5. The number of hydrogen-bond acceptors (Lipinski definition) is 2. The van der Waals surface area contributed by atoms with Crippen LogP contribution >= 0.6 is 0 Å². The lowest BCUT2D eigenvalue weighted by molar-refractivity contribution is -0.132. The number of benzene rings is 1. The average Bonchev–Trinajstić information content (AvgIpc) is 2.25. The lowest BCUT2D eigenvalue weighted by atomic mass is 10.1. The Morgan fingerprint density at radius 3 is 2.65 bits per heavy atom. The molecule has 3 heteroatoms. The molecule has 2 N–H and O–H groups in total. The molecule has 0 fully saturated rings. The smallest absolute Gasteiger partial charge is 0.227 e. The van der Waals surface area contributed by atoms with Crippen LogP contribution in [-0.4, -0.2) is 23.4 Å². The van der Waals surface area contributed by atoms with Crippen molar-refractivity contribution in [2.45, 2.75) is 39.7 Å². The van der Waals surface area contributed by atoms with Crippen LogP contribution in [0.3, 0.4) is 0 Å². The Bertz CT molecular complexity index is 374. The van der Waals surface area contributed by atoms with E-state index in [0.717, 1.165) is 18.5 Å². The summed E-state index contributed by atoms with van der Waals surface area (Å²) in [4.78, 5) is 14.1. The summed E-state index contributed by atoms with van der Waals surface area (Å²) >= 11 is 0. The molecule has 1 rings (SSSR count). The third kappa shape index (κ3) is 4.10. The molecule has 0 saturated heterocycles. The van der Waals surface area contributed by atoms with E-state index in [4.69, 9.17) is 5.73 Å². The first-order chi connectivity index (χ1) is 8.04. The van der Waals surface area contributed by atoms with Gasteiger partial charge in [-0.05, 0) is 38.0 Å². The molecule has 0 saturated carbocycles. The van der Waals surface area contributed by atoms with Gasteiger partial charge in [-0.1, -0.05) is 19.1 Å². The molecule has 94 valence electrons. The molecule has 0 aliphatic rings. The van der Waals surface area contributed by atoms with Gasteiger partial charge in [0.25, 0.3) is 0 Å². The second-order valence-electron chi connectivity index (χ2n) is 4.60. The van der Waals surface area contributed by atoms with Gasteiger partial charge in [-0.2, -0.15) is 0 Å². The third-order valence-corrected chi connectivity index (χ3v) is 2.71. The molecule has 0 heterocycles. The number of nitrogen functional groups attached to an aromatic ring is 1. The standard InChI is InChI=1S/C14H22N2O/c1-4-8-16(11(2)3)14(17)10-12-6-5-7-13(15)9-12/h5-7,9,11H,4,8,10,15H2,1-3H3. The summed E-state index contributed by atoms with van der Waals surface area (Å²) in [6, 6.07) is 7.78. The molecule has 1 amide bonds. The van der Waals surface area contributed by atoms with E-state index in [1.54, 1.807) is 0 Å². The minimum absolute atomic E-state index is 0.174. The zero-order valence-electron chi connectivity index (χ0n) is 10.9. The quantitative estimate of drug-likeness (QED) is 0.795. The molecule has 0 bridgehead atoms. The molecule has 17 heavy (non-hydrogen) atoms. The van der Waals surface area contributed by atoms with Gasteiger partial charge in [0.05, 0.1) is 6.42 Å². The maximum Gasteiger partial charge on any atom is 0.227 e. The van der Waals surface area contributed by atoms with E-state index in [2.05, 4.69) is 6.92 Å². The highest BCUT2D eigenvalue weighted by atomic mass is 16.2. The van der Waals surface area contributed by atoms with Gasteiger partial charge in [-0.3, -0.25) is 4.79 Å². The van der Waals surface area contributed by atoms with Crippen molar-refractivity contribution in [2.24, 2.45) is 0 Å². The van der Waals surface area contributed by atoms with E-state index in [9.17, 15) is 4.79 Å². The monoisotopic (exact) mass is 234 g/mol. The van der Waals surface area contributed by atoms with E-state index in [1.165, 1.54) is 0 Å². The fourth-order valence-corrected chi connectivity index (χ4v) is 1.89. The van der Waals surface area contributed by atoms with E-state index >= 15 is 0 Å². The first-order valence-electron chi connectivity index (χ1n) is 6.18. The van der Waals surface area contributed by atoms with Gasteiger partial charge in [-0.25, -0.2) is 0 Å². The largest absolute Gasteiger partial charge is 0.399 e. The number of nitrogens with zero attached hydrogens (tertiary/aromatic N) is 1. The highest BCUT2D eigenvalue weighted by Crippen LogP contribution is 2.10. The normalized spacial score (nSPS) is 10.6. The summed E-state index contributed by atoms with van der Waals surface area (Å²) in [6.45, 7) is 7.00. The van der Waals surface area contributed by atoms with Crippen molar-refractivity contribution >= 4 is 11.6 Å². The Hall–Kier alpha value is -1.51. The Kier molecular flexibility index (Phi) is 5.01. The highest BCUT2D eigenvalue weighted by molar-refractivity contribution is 5.79. The molecule has 0 radical (unpaired) electrons. The third-order valence-electron chi connectivity index (χ3n) is 2.71. The second-order valence-corrected chi connectivity index (χ2v) is 4.60. The molecule has 0 aromatic heterocycles. The first kappa shape index (κ1) is 13.6. The maximum atomic E-state index is 12.1. The van der Waals surface area contributed by atoms with Gasteiger partial charge in [0, 0.05) is 18.3 Å². The molecular weight excluding hydrogens is 212 g/mol. The fourth-order valence-electron chi connectivity index (χ4n) is 1.89. The molecule has 0 unspecified atom stereocenters. The van der Waals surface area contributed by atoms with Crippen LogP contribution in [-0.2, 0) is 11.2 Å². The number of carbonyl (C=O) groups is 1. The fraction of sp³-hybridized carbons (Fsp3) is 0.500. The van der Waals surface area contributed by atoms with Crippen molar-refractivity contribution in [3.05, 3.63) is 29.8 Å². The Balaban J connectivity index is 2.69. The van der Waals surface area contributed by atoms with Crippen molar-refractivity contribution in [1.29, 1.82) is 0 Å². The minimum Gasteiger partial charge on any atom is -0.399 e. The second kappa shape index (κ2) is 6.28. The van der Waals surface area contributed by atoms with Crippen LogP contribution in [0.15, 0.2) is 24.3 Å². The van der Waals surface area contributed by atoms with Crippen molar-refractivity contribution < 1.29 is 4.79 Å². The van der Waals surface area contributed by atoms with Gasteiger partial charge >= 0.3 is 0 Å². The summed E-state index contributed by atoms with van der Waals surface area (Å²) in [5.74, 6) is 0.174. The SMILES string of the molecule is CCCN(C(=O)Cc1cccc(N)c1)C(C)C. The lowest BCUT2D eigenvalue weighted by Gasteiger charge is -2.26. The van der Waals surface area contributed by atoms with Crippen LogP contribution in [0.5, 0.6) is 0 Å². The molecule has 1 aromatic rings. The number of hydrogen-bond donors (Lipinski definition) is 1. The zero-order valence-corrected chi connectivity index (χ0v) is 10.9. The highest BCUT2D eigenvalue weighted by Gasteiger charge is 2.16. The average molecular weight is 234 g/mol. The molecule has 0 aliphatic heterocycles. The zero-order chi connectivity index (χ0) is 12.8. The molecule has 1 aromatic carbocycles. The molecule has 0 atom stereocenters. The van der Waals surface area contributed by atoms with Crippen LogP contribution in [0.2, 0.25) is 0 Å². The molecule has 0 aliphatic carbocycles. The number of amides is 1. The molecule has 3 nitrogen and oxygen atoms in total. The Morgan fingerprint density at radius 2 is 2.12 bits per heavy atom. The van der Waals surface area contributed by atoms with E-state index in [0.29, 0.717) is 12.1 Å².